The van der Waals surface area contributed by atoms with E-state index in [4.69, 9.17) is 5.73 Å². The van der Waals surface area contributed by atoms with Crippen molar-refractivity contribution in [2.24, 2.45) is 11.1 Å². The third-order valence-electron chi connectivity index (χ3n) is 4.68. The van der Waals surface area contributed by atoms with Gasteiger partial charge in [0.15, 0.2) is 5.82 Å². The van der Waals surface area contributed by atoms with Crippen LogP contribution in [0.2, 0.25) is 0 Å². The number of nitrogens with two attached hydrogens (primary N) is 1. The van der Waals surface area contributed by atoms with Crippen LogP contribution in [0, 0.1) is 5.41 Å². The van der Waals surface area contributed by atoms with Gasteiger partial charge in [0.1, 0.15) is 0 Å². The SMILES string of the molecule is NCC12CCC(c3nnn[nH]3)(CC1)CC2. The number of fused-ring (bicyclic) bond motifs is 3. The van der Waals surface area contributed by atoms with Crippen LogP contribution in [0.5, 0.6) is 0 Å². The van der Waals surface area contributed by atoms with Crippen LogP contribution in [0.1, 0.15) is 44.3 Å². The fraction of sp³-hybridized carbons (Fsp3) is 0.900. The lowest BCUT2D eigenvalue weighted by Crippen LogP contribution is -2.47. The van der Waals surface area contributed by atoms with Crippen LogP contribution in [-0.4, -0.2) is 27.2 Å². The lowest BCUT2D eigenvalue weighted by Gasteiger charge is -2.51. The van der Waals surface area contributed by atoms with E-state index in [9.17, 15) is 0 Å². The first-order chi connectivity index (χ1) is 7.29. The van der Waals surface area contributed by atoms with Crippen LogP contribution in [0.3, 0.4) is 0 Å². The fourth-order valence-electron chi connectivity index (χ4n) is 3.31. The lowest BCUT2D eigenvalue weighted by atomic mass is 9.53. The molecule has 5 heteroatoms. The fourth-order valence-corrected chi connectivity index (χ4v) is 3.31. The number of aromatic nitrogens is 4. The van der Waals surface area contributed by atoms with E-state index in [1.807, 2.05) is 0 Å². The number of tetrazole rings is 1. The summed E-state index contributed by atoms with van der Waals surface area (Å²) in [5, 5.41) is 14.5. The summed E-state index contributed by atoms with van der Waals surface area (Å²) in [6, 6.07) is 0. The van der Waals surface area contributed by atoms with Crippen molar-refractivity contribution < 1.29 is 0 Å². The molecule has 0 radical (unpaired) electrons. The molecule has 0 aromatic carbocycles. The van der Waals surface area contributed by atoms with Crippen molar-refractivity contribution in [3.8, 4) is 0 Å². The van der Waals surface area contributed by atoms with Gasteiger partial charge in [-0.2, -0.15) is 0 Å². The van der Waals surface area contributed by atoms with Gasteiger partial charge in [0.25, 0.3) is 0 Å². The Hall–Kier alpha value is -0.970. The highest BCUT2D eigenvalue weighted by atomic mass is 15.5. The molecule has 3 saturated carbocycles. The highest BCUT2D eigenvalue weighted by Gasteiger charge is 2.50. The van der Waals surface area contributed by atoms with Gasteiger partial charge in [-0.05, 0) is 60.9 Å². The summed E-state index contributed by atoms with van der Waals surface area (Å²) < 4.78 is 0. The van der Waals surface area contributed by atoms with E-state index in [-0.39, 0.29) is 5.41 Å². The zero-order chi connectivity index (χ0) is 10.4. The lowest BCUT2D eigenvalue weighted by molar-refractivity contribution is 0.0425. The minimum absolute atomic E-state index is 0.237. The third-order valence-corrected chi connectivity index (χ3v) is 4.68. The van der Waals surface area contributed by atoms with Crippen molar-refractivity contribution in [1.82, 2.24) is 20.6 Å². The summed E-state index contributed by atoms with van der Waals surface area (Å²) in [7, 11) is 0. The topological polar surface area (TPSA) is 80.5 Å². The molecular formula is C10H17N5. The maximum absolute atomic E-state index is 5.89. The van der Waals surface area contributed by atoms with E-state index < -0.39 is 0 Å². The summed E-state index contributed by atoms with van der Waals surface area (Å²) in [4.78, 5) is 0. The largest absolute Gasteiger partial charge is 0.330 e. The third kappa shape index (κ3) is 1.22. The van der Waals surface area contributed by atoms with Gasteiger partial charge in [-0.15, -0.1) is 5.10 Å². The van der Waals surface area contributed by atoms with Gasteiger partial charge in [-0.3, -0.25) is 0 Å². The molecule has 3 N–H and O–H groups in total. The minimum atomic E-state index is 0.237. The highest BCUT2D eigenvalue weighted by molar-refractivity contribution is 5.13. The monoisotopic (exact) mass is 207 g/mol. The Morgan fingerprint density at radius 1 is 1.13 bits per heavy atom. The maximum Gasteiger partial charge on any atom is 0.154 e. The number of hydrogen-bond donors (Lipinski definition) is 2. The molecule has 1 aromatic rings. The Bertz CT molecular complexity index is 320. The molecular weight excluding hydrogens is 190 g/mol. The van der Waals surface area contributed by atoms with Crippen LogP contribution in [0.4, 0.5) is 0 Å². The normalized spacial score (nSPS) is 39.5. The van der Waals surface area contributed by atoms with Crippen LogP contribution < -0.4 is 5.73 Å². The Kier molecular flexibility index (Phi) is 1.86. The van der Waals surface area contributed by atoms with Crippen molar-refractivity contribution in [2.75, 3.05) is 6.54 Å². The Labute approximate surface area is 88.8 Å². The molecule has 5 nitrogen and oxygen atoms in total. The van der Waals surface area contributed by atoms with Crippen LogP contribution in [-0.2, 0) is 5.41 Å². The quantitative estimate of drug-likeness (QED) is 0.750. The highest BCUT2D eigenvalue weighted by Crippen LogP contribution is 2.56. The second-order valence-corrected chi connectivity index (χ2v) is 5.23. The van der Waals surface area contributed by atoms with E-state index >= 15 is 0 Å². The molecule has 3 aliphatic rings. The van der Waals surface area contributed by atoms with Gasteiger partial charge < -0.3 is 5.73 Å². The molecule has 0 unspecified atom stereocenters. The predicted octanol–water partition coefficient (Wildman–Crippen LogP) is 0.750. The summed E-state index contributed by atoms with van der Waals surface area (Å²) >= 11 is 0. The van der Waals surface area contributed by atoms with Gasteiger partial charge in [-0.25, -0.2) is 5.10 Å². The molecule has 0 atom stereocenters. The van der Waals surface area contributed by atoms with Crippen LogP contribution in [0.25, 0.3) is 0 Å². The molecule has 15 heavy (non-hydrogen) atoms. The van der Waals surface area contributed by atoms with Crippen LogP contribution >= 0.6 is 0 Å². The van der Waals surface area contributed by atoms with E-state index in [2.05, 4.69) is 20.6 Å². The summed E-state index contributed by atoms with van der Waals surface area (Å²) in [5.41, 5.74) is 6.56. The molecule has 1 aromatic heterocycles. The number of rotatable bonds is 2. The van der Waals surface area contributed by atoms with Crippen molar-refractivity contribution in [3.63, 3.8) is 0 Å². The van der Waals surface area contributed by atoms with Gasteiger partial charge in [0.2, 0.25) is 0 Å². The number of H-pyrrole nitrogens is 1. The second-order valence-electron chi connectivity index (χ2n) is 5.23. The Morgan fingerprint density at radius 2 is 1.80 bits per heavy atom. The molecule has 3 fully saturated rings. The molecule has 0 spiro atoms. The first-order valence-electron chi connectivity index (χ1n) is 5.73. The van der Waals surface area contributed by atoms with E-state index in [0.29, 0.717) is 5.41 Å². The van der Waals surface area contributed by atoms with Gasteiger partial charge in [0, 0.05) is 5.41 Å². The maximum atomic E-state index is 5.89. The molecule has 1 heterocycles. The molecule has 0 saturated heterocycles. The second kappa shape index (κ2) is 3.01. The molecule has 2 bridgehead atoms. The van der Waals surface area contributed by atoms with E-state index in [1.54, 1.807) is 0 Å². The van der Waals surface area contributed by atoms with Gasteiger partial charge >= 0.3 is 0 Å². The smallest absolute Gasteiger partial charge is 0.154 e. The summed E-state index contributed by atoms with van der Waals surface area (Å²) in [5.74, 6) is 0.993. The van der Waals surface area contributed by atoms with E-state index in [1.165, 1.54) is 38.5 Å². The first-order valence-corrected chi connectivity index (χ1v) is 5.73. The number of aromatic amines is 1. The Morgan fingerprint density at radius 3 is 2.27 bits per heavy atom. The molecule has 0 aliphatic heterocycles. The number of nitrogens with zero attached hydrogens (tertiary/aromatic N) is 3. The standard InChI is InChI=1S/C10H17N5/c11-7-9-1-4-10(5-2-9,6-3-9)8-12-14-15-13-8/h1-7,11H2,(H,12,13,14,15). The first kappa shape index (κ1) is 9.27. The van der Waals surface area contributed by atoms with Gasteiger partial charge in [-0.1, -0.05) is 0 Å². The summed E-state index contributed by atoms with van der Waals surface area (Å²) in [6.45, 7) is 0.845. The average Bonchev–Trinajstić information content (AvgIpc) is 2.86. The average molecular weight is 207 g/mol. The molecule has 3 aliphatic carbocycles. The van der Waals surface area contributed by atoms with Gasteiger partial charge in [0.05, 0.1) is 0 Å². The van der Waals surface area contributed by atoms with Crippen molar-refractivity contribution in [2.45, 2.75) is 43.9 Å². The molecule has 0 amide bonds. The van der Waals surface area contributed by atoms with Crippen molar-refractivity contribution in [3.05, 3.63) is 5.82 Å². The molecule has 4 rings (SSSR count). The number of nitrogens with one attached hydrogen (secondary N) is 1. The van der Waals surface area contributed by atoms with E-state index in [0.717, 1.165) is 12.4 Å². The number of hydrogen-bond acceptors (Lipinski definition) is 4. The minimum Gasteiger partial charge on any atom is -0.330 e. The van der Waals surface area contributed by atoms with Crippen molar-refractivity contribution in [1.29, 1.82) is 0 Å². The Balaban J connectivity index is 1.88. The summed E-state index contributed by atoms with van der Waals surface area (Å²) in [6.07, 6.45) is 7.31. The van der Waals surface area contributed by atoms with Crippen molar-refractivity contribution >= 4 is 0 Å². The zero-order valence-electron chi connectivity index (χ0n) is 8.87. The molecule has 82 valence electrons. The van der Waals surface area contributed by atoms with Crippen LogP contribution in [0.15, 0.2) is 0 Å². The zero-order valence-corrected chi connectivity index (χ0v) is 8.87. The predicted molar refractivity (Wildman–Crippen MR) is 55.0 cm³/mol.